The maximum absolute atomic E-state index is 10.4. The molecule has 2 N–H and O–H groups in total. The van der Waals surface area contributed by atoms with Gasteiger partial charge in [-0.05, 0) is 12.1 Å². The van der Waals surface area contributed by atoms with Crippen molar-refractivity contribution in [1.29, 1.82) is 0 Å². The van der Waals surface area contributed by atoms with Gasteiger partial charge in [0.15, 0.2) is 5.71 Å². The number of rotatable bonds is 2. The van der Waals surface area contributed by atoms with Crippen molar-refractivity contribution in [2.45, 2.75) is 0 Å². The first-order valence-corrected chi connectivity index (χ1v) is 3.11. The third-order valence-corrected chi connectivity index (χ3v) is 1.24. The number of nitrogens with zero attached hydrogens (tertiary/aromatic N) is 2. The minimum absolute atomic E-state index is 0.271. The fraction of sp³-hybridized carbons (Fsp3) is 0. The van der Waals surface area contributed by atoms with Crippen LogP contribution in [0.5, 0.6) is 0 Å². The van der Waals surface area contributed by atoms with Crippen molar-refractivity contribution < 1.29 is 15.1 Å². The Morgan fingerprint density at radius 3 is 2.75 bits per heavy atom. The van der Waals surface area contributed by atoms with Crippen molar-refractivity contribution in [2.24, 2.45) is 5.16 Å². The van der Waals surface area contributed by atoms with E-state index in [0.29, 0.717) is 0 Å². The van der Waals surface area contributed by atoms with Gasteiger partial charge in [0.05, 0.1) is 0 Å². The van der Waals surface area contributed by atoms with Gasteiger partial charge in [-0.1, -0.05) is 5.16 Å². The molecule has 0 fully saturated rings. The number of carboxylic acid groups (broad SMARTS) is 1. The van der Waals surface area contributed by atoms with Gasteiger partial charge in [0.1, 0.15) is 0 Å². The Hall–Kier alpha value is -1.91. The van der Waals surface area contributed by atoms with Crippen molar-refractivity contribution in [2.75, 3.05) is 0 Å². The first-order chi connectivity index (χ1) is 5.75. The minimum atomic E-state index is -1.29. The fourth-order valence-corrected chi connectivity index (χ4v) is 0.727. The highest BCUT2D eigenvalue weighted by molar-refractivity contribution is 6.42. The lowest BCUT2D eigenvalue weighted by Crippen LogP contribution is -2.14. The van der Waals surface area contributed by atoms with E-state index in [0.717, 1.165) is 0 Å². The van der Waals surface area contributed by atoms with Gasteiger partial charge in [-0.2, -0.15) is 0 Å². The molecule has 0 spiro atoms. The summed E-state index contributed by atoms with van der Waals surface area (Å²) in [5, 5.41) is 19.5. The van der Waals surface area contributed by atoms with Crippen molar-refractivity contribution in [3.63, 3.8) is 0 Å². The summed E-state index contributed by atoms with van der Waals surface area (Å²) >= 11 is 0. The van der Waals surface area contributed by atoms with Gasteiger partial charge in [0.2, 0.25) is 0 Å². The molecule has 0 bridgehead atoms. The summed E-state index contributed by atoms with van der Waals surface area (Å²) in [5.41, 5.74) is -0.143. The Morgan fingerprint density at radius 2 is 2.33 bits per heavy atom. The number of hydrogen-bond acceptors (Lipinski definition) is 4. The van der Waals surface area contributed by atoms with Crippen molar-refractivity contribution in [1.82, 2.24) is 4.98 Å². The maximum atomic E-state index is 10.4. The molecular formula is C7H6N2O3. The van der Waals surface area contributed by atoms with Crippen LogP contribution in [0.3, 0.4) is 0 Å². The highest BCUT2D eigenvalue weighted by Crippen LogP contribution is 1.98. The number of hydrogen-bond donors (Lipinski definition) is 2. The second-order valence-electron chi connectivity index (χ2n) is 2.00. The normalized spacial score (nSPS) is 11.2. The molecular weight excluding hydrogens is 160 g/mol. The molecule has 0 saturated heterocycles. The third kappa shape index (κ3) is 1.57. The lowest BCUT2D eigenvalue weighted by atomic mass is 10.2. The van der Waals surface area contributed by atoms with Crippen molar-refractivity contribution >= 4 is 11.7 Å². The molecule has 0 saturated carbocycles. The predicted molar refractivity (Wildman–Crippen MR) is 40.2 cm³/mol. The van der Waals surface area contributed by atoms with Crippen LogP contribution >= 0.6 is 0 Å². The Kier molecular flexibility index (Phi) is 2.37. The summed E-state index contributed by atoms with van der Waals surface area (Å²) in [6.07, 6.45) is 2.81. The summed E-state index contributed by atoms with van der Waals surface area (Å²) in [6, 6.07) is 3.06. The lowest BCUT2D eigenvalue weighted by Gasteiger charge is -1.95. The van der Waals surface area contributed by atoms with Crippen LogP contribution in [0.2, 0.25) is 0 Å². The van der Waals surface area contributed by atoms with E-state index in [9.17, 15) is 4.79 Å². The highest BCUT2D eigenvalue weighted by atomic mass is 16.4. The van der Waals surface area contributed by atoms with E-state index in [2.05, 4.69) is 10.1 Å². The minimum Gasteiger partial charge on any atom is -0.476 e. The van der Waals surface area contributed by atoms with Crippen molar-refractivity contribution in [3.05, 3.63) is 30.1 Å². The van der Waals surface area contributed by atoms with E-state index < -0.39 is 11.7 Å². The maximum Gasteiger partial charge on any atom is 0.358 e. The first-order valence-electron chi connectivity index (χ1n) is 3.11. The van der Waals surface area contributed by atoms with E-state index in [1.54, 1.807) is 6.07 Å². The van der Waals surface area contributed by atoms with Gasteiger partial charge in [0, 0.05) is 18.0 Å². The van der Waals surface area contributed by atoms with Gasteiger partial charge in [0.25, 0.3) is 0 Å². The molecule has 1 aromatic heterocycles. The quantitative estimate of drug-likeness (QED) is 0.377. The number of aliphatic carboxylic acids is 1. The van der Waals surface area contributed by atoms with E-state index in [1.807, 2.05) is 0 Å². The zero-order valence-electron chi connectivity index (χ0n) is 6.01. The van der Waals surface area contributed by atoms with Crippen LogP contribution < -0.4 is 0 Å². The monoisotopic (exact) mass is 166 g/mol. The zero-order valence-corrected chi connectivity index (χ0v) is 6.01. The summed E-state index contributed by atoms with van der Waals surface area (Å²) < 4.78 is 0. The Labute approximate surface area is 68.0 Å². The van der Waals surface area contributed by atoms with Crippen LogP contribution in [0.25, 0.3) is 0 Å². The predicted octanol–water partition coefficient (Wildman–Crippen LogP) is 0.344. The molecule has 0 aliphatic carbocycles. The number of carboxylic acids is 1. The summed E-state index contributed by atoms with van der Waals surface area (Å²) in [7, 11) is 0. The molecule has 0 aliphatic rings. The van der Waals surface area contributed by atoms with Crippen LogP contribution in [0.15, 0.2) is 29.7 Å². The molecule has 1 rings (SSSR count). The fourth-order valence-electron chi connectivity index (χ4n) is 0.727. The van der Waals surface area contributed by atoms with E-state index in [4.69, 9.17) is 10.3 Å². The number of oxime groups is 1. The highest BCUT2D eigenvalue weighted by Gasteiger charge is 2.12. The van der Waals surface area contributed by atoms with Crippen LogP contribution in [0.1, 0.15) is 5.56 Å². The third-order valence-electron chi connectivity index (χ3n) is 1.24. The Morgan fingerprint density at radius 1 is 1.58 bits per heavy atom. The largest absolute Gasteiger partial charge is 0.476 e. The van der Waals surface area contributed by atoms with Crippen LogP contribution in [-0.4, -0.2) is 27.0 Å². The summed E-state index contributed by atoms with van der Waals surface area (Å²) in [4.78, 5) is 14.1. The Bertz CT molecular complexity index is 308. The number of pyridine rings is 1. The zero-order chi connectivity index (χ0) is 8.97. The van der Waals surface area contributed by atoms with Crippen molar-refractivity contribution in [3.8, 4) is 0 Å². The molecule has 5 heteroatoms. The molecule has 0 unspecified atom stereocenters. The van der Waals surface area contributed by atoms with Crippen LogP contribution in [-0.2, 0) is 4.79 Å². The average molecular weight is 166 g/mol. The Balaban J connectivity index is 3.05. The second kappa shape index (κ2) is 3.47. The molecule has 12 heavy (non-hydrogen) atoms. The van der Waals surface area contributed by atoms with E-state index >= 15 is 0 Å². The van der Waals surface area contributed by atoms with Gasteiger partial charge in [-0.25, -0.2) is 4.79 Å². The topological polar surface area (TPSA) is 82.8 Å². The SMILES string of the molecule is O=C(O)/C(=N\O)c1cccnc1. The van der Waals surface area contributed by atoms with Gasteiger partial charge < -0.3 is 10.3 Å². The molecule has 1 heterocycles. The first kappa shape index (κ1) is 8.19. The number of carbonyl (C=O) groups is 1. The van der Waals surface area contributed by atoms with Gasteiger partial charge >= 0.3 is 5.97 Å². The van der Waals surface area contributed by atoms with E-state index in [1.165, 1.54) is 18.5 Å². The molecule has 0 atom stereocenters. The summed E-state index contributed by atoms with van der Waals surface area (Å²) in [5.74, 6) is -1.29. The molecule has 5 nitrogen and oxygen atoms in total. The van der Waals surface area contributed by atoms with Crippen LogP contribution in [0, 0.1) is 0 Å². The molecule has 0 amide bonds. The molecule has 0 aromatic carbocycles. The smallest absolute Gasteiger partial charge is 0.358 e. The average Bonchev–Trinajstić information content (AvgIpc) is 2.07. The second-order valence-corrected chi connectivity index (χ2v) is 2.00. The van der Waals surface area contributed by atoms with Gasteiger partial charge in [-0.3, -0.25) is 4.98 Å². The van der Waals surface area contributed by atoms with E-state index in [-0.39, 0.29) is 5.56 Å². The van der Waals surface area contributed by atoms with Gasteiger partial charge in [-0.15, -0.1) is 0 Å². The van der Waals surface area contributed by atoms with Crippen LogP contribution in [0.4, 0.5) is 0 Å². The molecule has 0 radical (unpaired) electrons. The standard InChI is InChI=1S/C7H6N2O3/c10-7(11)6(9-12)5-2-1-3-8-4-5/h1-4,12H,(H,10,11)/b9-6-. The number of aromatic nitrogens is 1. The molecule has 1 aromatic rings. The lowest BCUT2D eigenvalue weighted by molar-refractivity contribution is -0.129. The molecule has 62 valence electrons. The summed E-state index contributed by atoms with van der Waals surface area (Å²) in [6.45, 7) is 0. The molecule has 0 aliphatic heterocycles.